The van der Waals surface area contributed by atoms with Crippen LogP contribution in [0.15, 0.2) is 28.9 Å². The van der Waals surface area contributed by atoms with Gasteiger partial charge >= 0.3 is 0 Å². The van der Waals surface area contributed by atoms with E-state index in [2.05, 4.69) is 15.5 Å². The average molecular weight is 261 g/mol. The number of nitrogens with zero attached hydrogens (tertiary/aromatic N) is 2. The van der Waals surface area contributed by atoms with E-state index in [9.17, 15) is 9.70 Å². The van der Waals surface area contributed by atoms with Crippen LogP contribution in [0.3, 0.4) is 0 Å². The predicted molar refractivity (Wildman–Crippen MR) is 70.6 cm³/mol. The van der Waals surface area contributed by atoms with Crippen LogP contribution >= 0.6 is 11.3 Å². The molecule has 0 radical (unpaired) electrons. The third-order valence-corrected chi connectivity index (χ3v) is 3.54. The number of aryl methyl sites for hydroxylation is 1. The number of hydrogen-bond acceptors (Lipinski definition) is 5. The lowest BCUT2D eigenvalue weighted by Crippen LogP contribution is -2.09. The van der Waals surface area contributed by atoms with Gasteiger partial charge in [0.1, 0.15) is 5.69 Å². The summed E-state index contributed by atoms with van der Waals surface area (Å²) in [5, 5.41) is 5.52. The van der Waals surface area contributed by atoms with Gasteiger partial charge < -0.3 is 5.32 Å². The minimum atomic E-state index is 0.298. The summed E-state index contributed by atoms with van der Waals surface area (Å²) in [6, 6.07) is 5.41. The fraction of sp³-hybridized carbons (Fsp3) is 0.167. The summed E-state index contributed by atoms with van der Waals surface area (Å²) in [4.78, 5) is 26.3. The van der Waals surface area contributed by atoms with E-state index in [-0.39, 0.29) is 0 Å². The maximum atomic E-state index is 10.8. The van der Waals surface area contributed by atoms with Crippen LogP contribution in [0.2, 0.25) is 0 Å². The molecule has 0 atom stereocenters. The van der Waals surface area contributed by atoms with Crippen molar-refractivity contribution < 1.29 is 4.79 Å². The Bertz CT molecular complexity index is 580. The number of rotatable bonds is 5. The third-order valence-electron chi connectivity index (χ3n) is 2.57. The molecule has 0 aliphatic carbocycles. The molecule has 1 aromatic heterocycles. The Balaban J connectivity index is 2.38. The lowest BCUT2D eigenvalue weighted by Gasteiger charge is -2.05. The molecular formula is C12H11N3O2S. The summed E-state index contributed by atoms with van der Waals surface area (Å²) in [5.41, 5.74) is 4.65. The number of carbonyl (C=O) groups is 1. The normalized spacial score (nSPS) is 10.1. The van der Waals surface area contributed by atoms with Crippen LogP contribution in [0.4, 0.5) is 5.69 Å². The Kier molecular flexibility index (Phi) is 3.78. The maximum absolute atomic E-state index is 10.8. The van der Waals surface area contributed by atoms with Crippen LogP contribution < -0.4 is 5.32 Å². The van der Waals surface area contributed by atoms with Crippen LogP contribution in [-0.2, 0) is 11.3 Å². The van der Waals surface area contributed by atoms with E-state index < -0.39 is 0 Å². The molecule has 0 fully saturated rings. The fourth-order valence-electron chi connectivity index (χ4n) is 1.67. The molecular weight excluding hydrogens is 250 g/mol. The van der Waals surface area contributed by atoms with Gasteiger partial charge in [-0.2, -0.15) is 0 Å². The molecule has 1 aromatic carbocycles. The van der Waals surface area contributed by atoms with E-state index in [0.717, 1.165) is 16.1 Å². The van der Waals surface area contributed by atoms with Gasteiger partial charge in [0, 0.05) is 12.1 Å². The average Bonchev–Trinajstić information content (AvgIpc) is 2.82. The van der Waals surface area contributed by atoms with Crippen molar-refractivity contribution in [1.82, 2.24) is 10.3 Å². The molecule has 2 rings (SSSR count). The van der Waals surface area contributed by atoms with Crippen molar-refractivity contribution in [3.8, 4) is 10.4 Å². The summed E-state index contributed by atoms with van der Waals surface area (Å²) in [6.07, 6.45) is 0.593. The molecule has 5 nitrogen and oxygen atoms in total. The van der Waals surface area contributed by atoms with Crippen LogP contribution in [0.5, 0.6) is 0 Å². The van der Waals surface area contributed by atoms with Gasteiger partial charge in [-0.25, -0.2) is 4.98 Å². The largest absolute Gasteiger partial charge is 0.355 e. The van der Waals surface area contributed by atoms with Gasteiger partial charge in [0.05, 0.1) is 16.1 Å². The van der Waals surface area contributed by atoms with Gasteiger partial charge in [-0.3, -0.25) is 4.79 Å². The number of thiazole rings is 1. The van der Waals surface area contributed by atoms with E-state index in [0.29, 0.717) is 24.2 Å². The summed E-state index contributed by atoms with van der Waals surface area (Å²) in [6.45, 7) is 2.22. The monoisotopic (exact) mass is 261 g/mol. The van der Waals surface area contributed by atoms with Crippen molar-refractivity contribution >= 4 is 23.4 Å². The molecule has 0 aliphatic heterocycles. The highest BCUT2D eigenvalue weighted by Crippen LogP contribution is 2.31. The van der Waals surface area contributed by atoms with E-state index in [4.69, 9.17) is 0 Å². The first kappa shape index (κ1) is 12.4. The van der Waals surface area contributed by atoms with Crippen molar-refractivity contribution in [2.45, 2.75) is 13.5 Å². The van der Waals surface area contributed by atoms with Gasteiger partial charge in [-0.15, -0.1) is 16.2 Å². The van der Waals surface area contributed by atoms with Crippen molar-refractivity contribution in [1.29, 1.82) is 0 Å². The lowest BCUT2D eigenvalue weighted by atomic mass is 10.1. The molecule has 1 heterocycles. The smallest absolute Gasteiger partial charge is 0.207 e. The van der Waals surface area contributed by atoms with Crippen molar-refractivity contribution in [2.24, 2.45) is 5.18 Å². The number of carbonyl (C=O) groups excluding carboxylic acids is 1. The second-order valence-corrected chi connectivity index (χ2v) is 4.56. The standard InChI is InChI=1S/C12H11N3O2S/c1-8-12(18-7-14-8)9-2-3-10(5-13-6-16)11(4-9)15-17/h2-4,6-7H,5H2,1H3,(H,13,16). The molecule has 0 saturated carbocycles. The van der Waals surface area contributed by atoms with E-state index in [1.165, 1.54) is 11.3 Å². The van der Waals surface area contributed by atoms with Gasteiger partial charge in [0.15, 0.2) is 0 Å². The Labute approximate surface area is 108 Å². The van der Waals surface area contributed by atoms with Crippen LogP contribution in [0.25, 0.3) is 10.4 Å². The summed E-state index contributed by atoms with van der Waals surface area (Å²) in [5.74, 6) is 0. The highest BCUT2D eigenvalue weighted by Gasteiger charge is 2.09. The first-order valence-electron chi connectivity index (χ1n) is 5.30. The van der Waals surface area contributed by atoms with Gasteiger partial charge in [0.25, 0.3) is 0 Å². The zero-order chi connectivity index (χ0) is 13.0. The summed E-state index contributed by atoms with van der Waals surface area (Å²) >= 11 is 1.52. The molecule has 0 saturated heterocycles. The van der Waals surface area contributed by atoms with Gasteiger partial charge in [0.2, 0.25) is 6.41 Å². The highest BCUT2D eigenvalue weighted by atomic mass is 32.1. The third kappa shape index (κ3) is 2.43. The Hall–Kier alpha value is -2.08. The van der Waals surface area contributed by atoms with Crippen molar-refractivity contribution in [3.63, 3.8) is 0 Å². The molecule has 18 heavy (non-hydrogen) atoms. The zero-order valence-electron chi connectivity index (χ0n) is 9.71. The number of aromatic nitrogens is 1. The lowest BCUT2D eigenvalue weighted by molar-refractivity contribution is -0.109. The van der Waals surface area contributed by atoms with E-state index in [1.54, 1.807) is 17.6 Å². The SMILES string of the molecule is Cc1ncsc1-c1ccc(CNC=O)c(N=O)c1. The molecule has 0 aliphatic rings. The van der Waals surface area contributed by atoms with Gasteiger partial charge in [-0.05, 0) is 23.7 Å². The quantitative estimate of drug-likeness (QED) is 0.664. The Morgan fingerprint density at radius 1 is 1.50 bits per heavy atom. The number of nitrogens with one attached hydrogen (secondary N) is 1. The zero-order valence-corrected chi connectivity index (χ0v) is 10.5. The van der Waals surface area contributed by atoms with Gasteiger partial charge in [-0.1, -0.05) is 12.1 Å². The second kappa shape index (κ2) is 5.50. The van der Waals surface area contributed by atoms with Crippen LogP contribution in [-0.4, -0.2) is 11.4 Å². The van der Waals surface area contributed by atoms with Crippen LogP contribution in [0.1, 0.15) is 11.3 Å². The second-order valence-electron chi connectivity index (χ2n) is 3.70. The summed E-state index contributed by atoms with van der Waals surface area (Å²) in [7, 11) is 0. The molecule has 0 unspecified atom stereocenters. The molecule has 1 N–H and O–H groups in total. The first-order valence-corrected chi connectivity index (χ1v) is 6.18. The maximum Gasteiger partial charge on any atom is 0.207 e. The first-order chi connectivity index (χ1) is 8.76. The summed E-state index contributed by atoms with van der Waals surface area (Å²) < 4.78 is 0. The highest BCUT2D eigenvalue weighted by molar-refractivity contribution is 7.13. The molecule has 0 bridgehead atoms. The molecule has 0 spiro atoms. The minimum absolute atomic E-state index is 0.298. The topological polar surface area (TPSA) is 71.4 Å². The molecule has 92 valence electrons. The Morgan fingerprint density at radius 3 is 2.94 bits per heavy atom. The van der Waals surface area contributed by atoms with Crippen molar-refractivity contribution in [2.75, 3.05) is 0 Å². The Morgan fingerprint density at radius 2 is 2.33 bits per heavy atom. The van der Waals surface area contributed by atoms with Crippen molar-refractivity contribution in [3.05, 3.63) is 39.9 Å². The number of benzene rings is 1. The minimum Gasteiger partial charge on any atom is -0.355 e. The fourth-order valence-corrected chi connectivity index (χ4v) is 2.47. The number of amides is 1. The number of nitroso groups, excluding NO2 is 1. The molecule has 6 heteroatoms. The molecule has 1 amide bonds. The number of hydrogen-bond donors (Lipinski definition) is 1. The molecule has 2 aromatic rings. The van der Waals surface area contributed by atoms with Crippen LogP contribution in [0, 0.1) is 11.8 Å². The van der Waals surface area contributed by atoms with E-state index >= 15 is 0 Å². The van der Waals surface area contributed by atoms with E-state index in [1.807, 2.05) is 13.0 Å². The predicted octanol–water partition coefficient (Wildman–Crippen LogP) is 2.76.